The molecule has 92 valence electrons. The number of carbonyl (C=O) groups excluding carboxylic acids is 2. The molecule has 1 fully saturated rings. The van der Waals surface area contributed by atoms with Crippen molar-refractivity contribution in [1.29, 1.82) is 0 Å². The van der Waals surface area contributed by atoms with Crippen molar-refractivity contribution in [3.63, 3.8) is 0 Å². The zero-order chi connectivity index (χ0) is 12.0. The summed E-state index contributed by atoms with van der Waals surface area (Å²) in [6.45, 7) is 3.56. The van der Waals surface area contributed by atoms with Gasteiger partial charge in [0.2, 0.25) is 5.91 Å². The number of hydrogen-bond acceptors (Lipinski definition) is 2. The van der Waals surface area contributed by atoms with E-state index in [0.717, 1.165) is 19.3 Å². The van der Waals surface area contributed by atoms with Gasteiger partial charge in [0.15, 0.2) is 5.78 Å². The highest BCUT2D eigenvalue weighted by Gasteiger charge is 2.27. The summed E-state index contributed by atoms with van der Waals surface area (Å²) in [4.78, 5) is 23.1. The second kappa shape index (κ2) is 6.66. The third-order valence-electron chi connectivity index (χ3n) is 3.35. The van der Waals surface area contributed by atoms with Gasteiger partial charge in [0.25, 0.3) is 0 Å². The molecule has 3 heteroatoms. The molecule has 0 radical (unpaired) electrons. The molecule has 0 aromatic carbocycles. The van der Waals surface area contributed by atoms with E-state index in [9.17, 15) is 9.59 Å². The van der Waals surface area contributed by atoms with E-state index in [1.807, 2.05) is 6.92 Å². The number of ketones is 1. The van der Waals surface area contributed by atoms with E-state index in [4.69, 9.17) is 0 Å². The van der Waals surface area contributed by atoms with Crippen LogP contribution >= 0.6 is 0 Å². The van der Waals surface area contributed by atoms with Crippen LogP contribution in [0.25, 0.3) is 0 Å². The summed E-state index contributed by atoms with van der Waals surface area (Å²) < 4.78 is 0. The zero-order valence-electron chi connectivity index (χ0n) is 10.4. The van der Waals surface area contributed by atoms with E-state index in [-0.39, 0.29) is 17.7 Å². The minimum Gasteiger partial charge on any atom is -0.346 e. The highest BCUT2D eigenvalue weighted by molar-refractivity contribution is 5.87. The smallest absolute Gasteiger partial charge is 0.220 e. The highest BCUT2D eigenvalue weighted by atomic mass is 16.2. The Hall–Kier alpha value is -0.860. The van der Waals surface area contributed by atoms with Crippen molar-refractivity contribution >= 4 is 11.7 Å². The van der Waals surface area contributed by atoms with Crippen LogP contribution in [0.5, 0.6) is 0 Å². The van der Waals surface area contributed by atoms with E-state index in [0.29, 0.717) is 12.3 Å². The van der Waals surface area contributed by atoms with Crippen LogP contribution in [-0.4, -0.2) is 17.7 Å². The van der Waals surface area contributed by atoms with Crippen LogP contribution in [0.15, 0.2) is 0 Å². The first-order chi connectivity index (χ1) is 7.65. The largest absolute Gasteiger partial charge is 0.346 e. The molecule has 0 heterocycles. The van der Waals surface area contributed by atoms with Crippen molar-refractivity contribution < 1.29 is 9.59 Å². The van der Waals surface area contributed by atoms with Crippen molar-refractivity contribution in [3.05, 3.63) is 0 Å². The average Bonchev–Trinajstić information content (AvgIpc) is 2.27. The van der Waals surface area contributed by atoms with Crippen LogP contribution in [0.1, 0.15) is 58.8 Å². The van der Waals surface area contributed by atoms with Crippen LogP contribution in [0.3, 0.4) is 0 Å². The Morgan fingerprint density at radius 1 is 1.25 bits per heavy atom. The van der Waals surface area contributed by atoms with E-state index in [1.165, 1.54) is 19.3 Å². The predicted octanol–water partition coefficient (Wildman–Crippen LogP) is 2.44. The fourth-order valence-corrected chi connectivity index (χ4v) is 2.49. The normalized spacial score (nSPS) is 19.1. The standard InChI is InChI=1S/C13H23NO2/c1-3-7-12(16)14-13(10(2)15)11-8-5-4-6-9-11/h11,13H,3-9H2,1-2H3,(H,14,16). The topological polar surface area (TPSA) is 46.2 Å². The first kappa shape index (κ1) is 13.2. The van der Waals surface area contributed by atoms with Crippen molar-refractivity contribution in [2.24, 2.45) is 5.92 Å². The fourth-order valence-electron chi connectivity index (χ4n) is 2.49. The molecule has 1 N–H and O–H groups in total. The maximum atomic E-state index is 11.6. The van der Waals surface area contributed by atoms with Gasteiger partial charge in [-0.3, -0.25) is 9.59 Å². The summed E-state index contributed by atoms with van der Waals surface area (Å²) in [6.07, 6.45) is 7.17. The first-order valence-corrected chi connectivity index (χ1v) is 6.45. The van der Waals surface area contributed by atoms with Gasteiger partial charge in [-0.2, -0.15) is 0 Å². The van der Waals surface area contributed by atoms with Crippen molar-refractivity contribution in [1.82, 2.24) is 5.32 Å². The number of hydrogen-bond donors (Lipinski definition) is 1. The Morgan fingerprint density at radius 3 is 2.38 bits per heavy atom. The quantitative estimate of drug-likeness (QED) is 0.781. The summed E-state index contributed by atoms with van der Waals surface area (Å²) >= 11 is 0. The van der Waals surface area contributed by atoms with E-state index in [2.05, 4.69) is 5.32 Å². The van der Waals surface area contributed by atoms with Gasteiger partial charge in [0.1, 0.15) is 0 Å². The number of nitrogens with one attached hydrogen (secondary N) is 1. The Morgan fingerprint density at radius 2 is 1.88 bits per heavy atom. The van der Waals surface area contributed by atoms with Crippen LogP contribution in [0.2, 0.25) is 0 Å². The molecule has 1 rings (SSSR count). The van der Waals surface area contributed by atoms with Crippen molar-refractivity contribution in [2.45, 2.75) is 64.8 Å². The third kappa shape index (κ3) is 3.95. The van der Waals surface area contributed by atoms with E-state index in [1.54, 1.807) is 6.92 Å². The van der Waals surface area contributed by atoms with Gasteiger partial charge in [-0.25, -0.2) is 0 Å². The molecule has 16 heavy (non-hydrogen) atoms. The van der Waals surface area contributed by atoms with Crippen molar-refractivity contribution in [3.8, 4) is 0 Å². The lowest BCUT2D eigenvalue weighted by molar-refractivity contribution is -0.128. The Bertz CT molecular complexity index is 242. The maximum absolute atomic E-state index is 11.6. The molecule has 1 atom stereocenters. The summed E-state index contributed by atoms with van der Waals surface area (Å²) in [5.74, 6) is 0.497. The van der Waals surface area contributed by atoms with Crippen LogP contribution in [-0.2, 0) is 9.59 Å². The highest BCUT2D eigenvalue weighted by Crippen LogP contribution is 2.26. The molecule has 0 saturated heterocycles. The van der Waals surface area contributed by atoms with Crippen molar-refractivity contribution in [2.75, 3.05) is 0 Å². The molecule has 1 amide bonds. The zero-order valence-corrected chi connectivity index (χ0v) is 10.4. The molecule has 0 bridgehead atoms. The number of Topliss-reactive ketones (excluding diaryl/α,β-unsaturated/α-hetero) is 1. The van der Waals surface area contributed by atoms with Gasteiger partial charge in [-0.1, -0.05) is 26.2 Å². The lowest BCUT2D eigenvalue weighted by atomic mass is 9.82. The Balaban J connectivity index is 2.52. The van der Waals surface area contributed by atoms with Gasteiger partial charge in [0, 0.05) is 6.42 Å². The predicted molar refractivity (Wildman–Crippen MR) is 64.1 cm³/mol. The molecule has 1 saturated carbocycles. The number of amides is 1. The maximum Gasteiger partial charge on any atom is 0.220 e. The van der Waals surface area contributed by atoms with Gasteiger partial charge >= 0.3 is 0 Å². The van der Waals surface area contributed by atoms with Gasteiger partial charge in [-0.05, 0) is 32.1 Å². The fraction of sp³-hybridized carbons (Fsp3) is 0.846. The van der Waals surface area contributed by atoms with Crippen LogP contribution in [0.4, 0.5) is 0 Å². The lowest BCUT2D eigenvalue weighted by Crippen LogP contribution is -2.45. The summed E-state index contributed by atoms with van der Waals surface area (Å²) in [5, 5.41) is 2.90. The molecule has 1 aliphatic rings. The number of carbonyl (C=O) groups is 2. The average molecular weight is 225 g/mol. The summed E-state index contributed by atoms with van der Waals surface area (Å²) in [7, 11) is 0. The van der Waals surface area contributed by atoms with Gasteiger partial charge in [-0.15, -0.1) is 0 Å². The van der Waals surface area contributed by atoms with Gasteiger partial charge in [0.05, 0.1) is 6.04 Å². The molecule has 3 nitrogen and oxygen atoms in total. The minimum atomic E-state index is -0.237. The molecular formula is C13H23NO2. The second-order valence-electron chi connectivity index (χ2n) is 4.80. The molecule has 0 aromatic heterocycles. The number of rotatable bonds is 5. The Kier molecular flexibility index (Phi) is 5.50. The second-order valence-corrected chi connectivity index (χ2v) is 4.80. The molecule has 0 aromatic rings. The third-order valence-corrected chi connectivity index (χ3v) is 3.35. The monoisotopic (exact) mass is 225 g/mol. The summed E-state index contributed by atoms with van der Waals surface area (Å²) in [5.41, 5.74) is 0. The molecule has 0 spiro atoms. The Labute approximate surface area is 98.0 Å². The van der Waals surface area contributed by atoms with E-state index >= 15 is 0 Å². The summed E-state index contributed by atoms with van der Waals surface area (Å²) in [6, 6.07) is -0.237. The molecule has 1 aliphatic carbocycles. The van der Waals surface area contributed by atoms with Crippen LogP contribution in [0, 0.1) is 5.92 Å². The van der Waals surface area contributed by atoms with E-state index < -0.39 is 0 Å². The molecule has 0 aliphatic heterocycles. The lowest BCUT2D eigenvalue weighted by Gasteiger charge is -2.29. The van der Waals surface area contributed by atoms with Crippen LogP contribution < -0.4 is 5.32 Å². The first-order valence-electron chi connectivity index (χ1n) is 6.45. The molecule has 1 unspecified atom stereocenters. The SMILES string of the molecule is CCCC(=O)NC(C(C)=O)C1CCCCC1. The van der Waals surface area contributed by atoms with Gasteiger partial charge < -0.3 is 5.32 Å². The minimum absolute atomic E-state index is 0.0215. The molecular weight excluding hydrogens is 202 g/mol.